The summed E-state index contributed by atoms with van der Waals surface area (Å²) in [5.41, 5.74) is 0. The lowest BCUT2D eigenvalue weighted by Gasteiger charge is -2.30. The number of rotatable bonds is 9. The first-order chi connectivity index (χ1) is 14.0. The second-order valence-electron chi connectivity index (χ2n) is 7.42. The maximum absolute atomic E-state index is 13.3. The average Bonchev–Trinajstić information content (AvgIpc) is 3.26. The Labute approximate surface area is 173 Å². The van der Waals surface area contributed by atoms with Gasteiger partial charge in [0.25, 0.3) is 0 Å². The van der Waals surface area contributed by atoms with Crippen LogP contribution in [0.2, 0.25) is 0 Å². The molecule has 0 radical (unpaired) electrons. The first-order valence-corrected chi connectivity index (χ1v) is 11.9. The molecule has 1 amide bonds. The highest BCUT2D eigenvalue weighted by molar-refractivity contribution is 7.89. The zero-order valence-electron chi connectivity index (χ0n) is 17.2. The van der Waals surface area contributed by atoms with Crippen molar-refractivity contribution in [2.45, 2.75) is 24.7 Å². The molecule has 8 nitrogen and oxygen atoms in total. The van der Waals surface area contributed by atoms with E-state index in [2.05, 4.69) is 10.2 Å². The lowest BCUT2D eigenvalue weighted by Crippen LogP contribution is -2.51. The van der Waals surface area contributed by atoms with Gasteiger partial charge in [0.15, 0.2) is 0 Å². The van der Waals surface area contributed by atoms with E-state index >= 15 is 0 Å². The standard InChI is InChI=1S/C20H32N4O4S/c1-2-28-18-5-7-19(8-6-18)29(26,27)24(16-15-22-11-3-4-12-22)17-20(25)23-13-9-21-10-14-23/h5-8,21H,2-4,9-17H2,1H3. The van der Waals surface area contributed by atoms with Crippen molar-refractivity contribution in [3.8, 4) is 5.75 Å². The molecular formula is C20H32N4O4S. The van der Waals surface area contributed by atoms with Crippen molar-refractivity contribution in [1.29, 1.82) is 0 Å². The first kappa shape index (κ1) is 22.0. The van der Waals surface area contributed by atoms with Crippen LogP contribution in [-0.4, -0.2) is 93.9 Å². The first-order valence-electron chi connectivity index (χ1n) is 10.4. The third-order valence-corrected chi connectivity index (χ3v) is 7.28. The highest BCUT2D eigenvalue weighted by Crippen LogP contribution is 2.20. The number of hydrogen-bond donors (Lipinski definition) is 1. The molecule has 1 aromatic carbocycles. The van der Waals surface area contributed by atoms with Crippen LogP contribution >= 0.6 is 0 Å². The topological polar surface area (TPSA) is 82.2 Å². The predicted molar refractivity (Wildman–Crippen MR) is 111 cm³/mol. The molecule has 3 rings (SSSR count). The molecule has 0 aliphatic carbocycles. The molecule has 1 aromatic rings. The molecule has 2 saturated heterocycles. The molecule has 2 aliphatic rings. The highest BCUT2D eigenvalue weighted by atomic mass is 32.2. The van der Waals surface area contributed by atoms with Gasteiger partial charge in [-0.1, -0.05) is 0 Å². The van der Waals surface area contributed by atoms with Crippen LogP contribution < -0.4 is 10.1 Å². The second kappa shape index (κ2) is 10.4. The molecule has 0 aromatic heterocycles. The monoisotopic (exact) mass is 424 g/mol. The van der Waals surface area contributed by atoms with Gasteiger partial charge in [0, 0.05) is 39.3 Å². The van der Waals surface area contributed by atoms with Gasteiger partial charge >= 0.3 is 0 Å². The number of nitrogens with one attached hydrogen (secondary N) is 1. The Balaban J connectivity index is 1.74. The van der Waals surface area contributed by atoms with Crippen molar-refractivity contribution >= 4 is 15.9 Å². The van der Waals surface area contributed by atoms with Gasteiger partial charge < -0.3 is 19.9 Å². The Morgan fingerprint density at radius 2 is 1.76 bits per heavy atom. The lowest BCUT2D eigenvalue weighted by atomic mass is 10.3. The normalized spacial score (nSPS) is 18.3. The zero-order valence-corrected chi connectivity index (χ0v) is 18.0. The van der Waals surface area contributed by atoms with E-state index in [-0.39, 0.29) is 17.3 Å². The summed E-state index contributed by atoms with van der Waals surface area (Å²) in [6.07, 6.45) is 2.29. The van der Waals surface area contributed by atoms with Crippen molar-refractivity contribution in [1.82, 2.24) is 19.4 Å². The maximum atomic E-state index is 13.3. The second-order valence-corrected chi connectivity index (χ2v) is 9.36. The van der Waals surface area contributed by atoms with Crippen LogP contribution in [0.4, 0.5) is 0 Å². The van der Waals surface area contributed by atoms with Gasteiger partial charge in [-0.05, 0) is 57.1 Å². The van der Waals surface area contributed by atoms with Crippen LogP contribution in [0.5, 0.6) is 5.75 Å². The van der Waals surface area contributed by atoms with Crippen LogP contribution in [-0.2, 0) is 14.8 Å². The van der Waals surface area contributed by atoms with Crippen LogP contribution in [0.3, 0.4) is 0 Å². The third kappa shape index (κ3) is 5.91. The quantitative estimate of drug-likeness (QED) is 0.625. The van der Waals surface area contributed by atoms with Crippen LogP contribution in [0.15, 0.2) is 29.2 Å². The third-order valence-electron chi connectivity index (χ3n) is 5.42. The van der Waals surface area contributed by atoms with Gasteiger partial charge in [-0.25, -0.2) is 8.42 Å². The number of hydrogen-bond acceptors (Lipinski definition) is 6. The minimum absolute atomic E-state index is 0.122. The lowest BCUT2D eigenvalue weighted by molar-refractivity contribution is -0.132. The van der Waals surface area contributed by atoms with Crippen molar-refractivity contribution in [2.24, 2.45) is 0 Å². The summed E-state index contributed by atoms with van der Waals surface area (Å²) in [7, 11) is -3.77. The largest absolute Gasteiger partial charge is 0.494 e. The summed E-state index contributed by atoms with van der Waals surface area (Å²) in [5.74, 6) is 0.495. The van der Waals surface area contributed by atoms with E-state index < -0.39 is 10.0 Å². The van der Waals surface area contributed by atoms with Gasteiger partial charge in [0.2, 0.25) is 15.9 Å². The van der Waals surface area contributed by atoms with Crippen LogP contribution in [0, 0.1) is 0 Å². The molecule has 2 fully saturated rings. The molecule has 2 heterocycles. The van der Waals surface area contributed by atoms with E-state index in [0.717, 1.165) is 39.0 Å². The molecule has 2 aliphatic heterocycles. The van der Waals surface area contributed by atoms with E-state index in [0.29, 0.717) is 38.5 Å². The number of sulfonamides is 1. The smallest absolute Gasteiger partial charge is 0.243 e. The molecule has 0 bridgehead atoms. The molecule has 1 N–H and O–H groups in total. The molecule has 29 heavy (non-hydrogen) atoms. The Hall–Kier alpha value is -1.68. The molecule has 0 atom stereocenters. The number of ether oxygens (including phenoxy) is 1. The summed E-state index contributed by atoms with van der Waals surface area (Å²) < 4.78 is 33.4. The van der Waals surface area contributed by atoms with Gasteiger partial charge in [0.05, 0.1) is 18.0 Å². The molecule has 9 heteroatoms. The van der Waals surface area contributed by atoms with Crippen molar-refractivity contribution in [3.63, 3.8) is 0 Å². The molecule has 0 spiro atoms. The van der Waals surface area contributed by atoms with E-state index in [1.165, 1.54) is 4.31 Å². The number of nitrogens with zero attached hydrogens (tertiary/aromatic N) is 3. The number of carbonyl (C=O) groups is 1. The van der Waals surface area contributed by atoms with E-state index in [1.54, 1.807) is 29.2 Å². The Bertz CT molecular complexity index is 757. The average molecular weight is 425 g/mol. The summed E-state index contributed by atoms with van der Waals surface area (Å²) in [6, 6.07) is 6.43. The van der Waals surface area contributed by atoms with Crippen LogP contribution in [0.1, 0.15) is 19.8 Å². The van der Waals surface area contributed by atoms with Gasteiger partial charge in [0.1, 0.15) is 5.75 Å². The summed E-state index contributed by atoms with van der Waals surface area (Å²) in [6.45, 7) is 7.92. The number of piperazine rings is 1. The van der Waals surface area contributed by atoms with E-state index in [9.17, 15) is 13.2 Å². The fourth-order valence-corrected chi connectivity index (χ4v) is 5.11. The number of carbonyl (C=O) groups excluding carboxylic acids is 1. The molecule has 162 valence electrons. The molecule has 0 unspecified atom stereocenters. The number of amides is 1. The summed E-state index contributed by atoms with van der Waals surface area (Å²) in [5, 5.41) is 3.21. The minimum Gasteiger partial charge on any atom is -0.494 e. The summed E-state index contributed by atoms with van der Waals surface area (Å²) in [4.78, 5) is 17.0. The SMILES string of the molecule is CCOc1ccc(S(=O)(=O)N(CCN2CCCC2)CC(=O)N2CCNCC2)cc1. The fourth-order valence-electron chi connectivity index (χ4n) is 3.73. The Morgan fingerprint density at radius 1 is 1.10 bits per heavy atom. The van der Waals surface area contributed by atoms with Crippen molar-refractivity contribution in [2.75, 3.05) is 65.5 Å². The Morgan fingerprint density at radius 3 is 2.38 bits per heavy atom. The van der Waals surface area contributed by atoms with E-state index in [1.807, 2.05) is 6.92 Å². The highest BCUT2D eigenvalue weighted by Gasteiger charge is 2.29. The summed E-state index contributed by atoms with van der Waals surface area (Å²) >= 11 is 0. The molecular weight excluding hydrogens is 392 g/mol. The van der Waals surface area contributed by atoms with Gasteiger partial charge in [-0.15, -0.1) is 0 Å². The maximum Gasteiger partial charge on any atom is 0.243 e. The molecule has 0 saturated carbocycles. The number of benzene rings is 1. The zero-order chi connectivity index (χ0) is 20.7. The Kier molecular flexibility index (Phi) is 7.88. The van der Waals surface area contributed by atoms with Crippen molar-refractivity contribution in [3.05, 3.63) is 24.3 Å². The van der Waals surface area contributed by atoms with Crippen molar-refractivity contribution < 1.29 is 17.9 Å². The fraction of sp³-hybridized carbons (Fsp3) is 0.650. The van der Waals surface area contributed by atoms with Gasteiger partial charge in [-0.2, -0.15) is 4.31 Å². The number of likely N-dealkylation sites (tertiary alicyclic amines) is 1. The van der Waals surface area contributed by atoms with Gasteiger partial charge in [-0.3, -0.25) is 4.79 Å². The minimum atomic E-state index is -3.77. The van der Waals surface area contributed by atoms with Crippen LogP contribution in [0.25, 0.3) is 0 Å². The van der Waals surface area contributed by atoms with E-state index in [4.69, 9.17) is 4.74 Å². The predicted octanol–water partition coefficient (Wildman–Crippen LogP) is 0.604.